The van der Waals surface area contributed by atoms with E-state index in [1.807, 2.05) is 0 Å². The smallest absolute Gasteiger partial charge is 0.380 e. The van der Waals surface area contributed by atoms with E-state index in [4.69, 9.17) is 0 Å². The number of nitrogens with zero attached hydrogens (tertiary/aromatic N) is 1. The summed E-state index contributed by atoms with van der Waals surface area (Å²) in [6.07, 6.45) is -3.54. The summed E-state index contributed by atoms with van der Waals surface area (Å²) in [5.41, 5.74) is -2.14. The zero-order chi connectivity index (χ0) is 24.1. The first-order valence-electron chi connectivity index (χ1n) is 9.75. The van der Waals surface area contributed by atoms with Gasteiger partial charge in [0.2, 0.25) is 0 Å². The van der Waals surface area contributed by atoms with E-state index >= 15 is 0 Å². The maximum Gasteiger partial charge on any atom is 0.417 e. The van der Waals surface area contributed by atoms with Gasteiger partial charge < -0.3 is 10.1 Å². The molecule has 3 rings (SSSR count). The number of pyridine rings is 1. The molecule has 0 aliphatic heterocycles. The van der Waals surface area contributed by atoms with Crippen LogP contribution in [0.1, 0.15) is 35.7 Å². The SMILES string of the molecule is Cc1ccc(F)cc1C(C)(CC(O)(Cc1[nH]c2cnccc2c1C)C(F)(F)F)S(C)(=O)=O. The van der Waals surface area contributed by atoms with E-state index in [2.05, 4.69) is 9.97 Å². The fraction of sp³-hybridized carbons (Fsp3) is 0.409. The monoisotopic (exact) mass is 472 g/mol. The van der Waals surface area contributed by atoms with Crippen LogP contribution in [0, 0.1) is 19.7 Å². The van der Waals surface area contributed by atoms with E-state index in [1.165, 1.54) is 25.4 Å². The van der Waals surface area contributed by atoms with Crippen molar-refractivity contribution in [1.82, 2.24) is 9.97 Å². The normalized spacial score (nSPS) is 16.7. The number of fused-ring (bicyclic) bond motifs is 1. The van der Waals surface area contributed by atoms with Gasteiger partial charge in [-0.1, -0.05) is 6.07 Å². The molecular formula is C22H24F4N2O3S. The summed E-state index contributed by atoms with van der Waals surface area (Å²) >= 11 is 0. The van der Waals surface area contributed by atoms with Crippen LogP contribution in [0.15, 0.2) is 36.7 Å². The number of benzene rings is 1. The lowest BCUT2D eigenvalue weighted by Crippen LogP contribution is -2.53. The molecule has 0 saturated carbocycles. The number of aromatic nitrogens is 2. The van der Waals surface area contributed by atoms with Gasteiger partial charge in [-0.25, -0.2) is 12.8 Å². The Morgan fingerprint density at radius 2 is 1.81 bits per heavy atom. The number of hydrogen-bond acceptors (Lipinski definition) is 4. The van der Waals surface area contributed by atoms with Gasteiger partial charge >= 0.3 is 6.18 Å². The highest BCUT2D eigenvalue weighted by Crippen LogP contribution is 2.46. The minimum atomic E-state index is -5.16. The molecule has 2 N–H and O–H groups in total. The average molecular weight is 473 g/mol. The van der Waals surface area contributed by atoms with Crippen molar-refractivity contribution >= 4 is 20.7 Å². The zero-order valence-corrected chi connectivity index (χ0v) is 18.8. The molecule has 0 aliphatic carbocycles. The number of hydrogen-bond donors (Lipinski definition) is 2. The number of aliphatic hydroxyl groups is 1. The molecule has 174 valence electrons. The van der Waals surface area contributed by atoms with Crippen molar-refractivity contribution < 1.29 is 31.1 Å². The number of sulfone groups is 1. The van der Waals surface area contributed by atoms with Gasteiger partial charge in [-0.2, -0.15) is 13.2 Å². The Labute approximate surface area is 183 Å². The quantitative estimate of drug-likeness (QED) is 0.518. The molecule has 2 unspecified atom stereocenters. The lowest BCUT2D eigenvalue weighted by Gasteiger charge is -2.39. The lowest BCUT2D eigenvalue weighted by molar-refractivity contribution is -0.264. The minimum absolute atomic E-state index is 0.111. The standard InChI is InChI=1S/C22H24F4N2O3S/c1-13-5-6-15(23)9-17(13)20(3,32(4,30)31)12-21(29,22(24,25)26)10-18-14(2)16-7-8-27-11-19(16)28-18/h5-9,11,28-29H,10,12H2,1-4H3. The third-order valence-corrected chi connectivity index (χ3v) is 8.18. The van der Waals surface area contributed by atoms with Crippen LogP contribution in [0.3, 0.4) is 0 Å². The highest BCUT2D eigenvalue weighted by Gasteiger charge is 2.59. The number of halogens is 4. The van der Waals surface area contributed by atoms with Crippen molar-refractivity contribution in [3.8, 4) is 0 Å². The fourth-order valence-corrected chi connectivity index (χ4v) is 5.24. The molecule has 32 heavy (non-hydrogen) atoms. The second kappa shape index (κ2) is 7.84. The first-order chi connectivity index (χ1) is 14.6. The zero-order valence-electron chi connectivity index (χ0n) is 18.0. The lowest BCUT2D eigenvalue weighted by atomic mass is 9.81. The van der Waals surface area contributed by atoms with E-state index < -0.39 is 45.0 Å². The van der Waals surface area contributed by atoms with Gasteiger partial charge in [0.25, 0.3) is 0 Å². The van der Waals surface area contributed by atoms with Crippen molar-refractivity contribution in [2.45, 2.75) is 50.1 Å². The average Bonchev–Trinajstić information content (AvgIpc) is 2.97. The van der Waals surface area contributed by atoms with Crippen LogP contribution in [0.2, 0.25) is 0 Å². The van der Waals surface area contributed by atoms with Crippen molar-refractivity contribution in [2.75, 3.05) is 6.26 Å². The van der Waals surface area contributed by atoms with Crippen molar-refractivity contribution in [1.29, 1.82) is 0 Å². The third-order valence-electron chi connectivity index (χ3n) is 6.18. The van der Waals surface area contributed by atoms with Gasteiger partial charge in [0, 0.05) is 36.4 Å². The molecule has 0 spiro atoms. The van der Waals surface area contributed by atoms with Crippen LogP contribution in [0.5, 0.6) is 0 Å². The van der Waals surface area contributed by atoms with Crippen LogP contribution in [0.25, 0.3) is 10.9 Å². The molecule has 3 aromatic rings. The van der Waals surface area contributed by atoms with Gasteiger partial charge in [-0.15, -0.1) is 0 Å². The molecule has 0 amide bonds. The molecule has 5 nitrogen and oxygen atoms in total. The van der Waals surface area contributed by atoms with Crippen LogP contribution < -0.4 is 0 Å². The van der Waals surface area contributed by atoms with Gasteiger partial charge in [-0.05, 0) is 55.7 Å². The number of H-pyrrole nitrogens is 1. The number of rotatable bonds is 6. The van der Waals surface area contributed by atoms with Gasteiger partial charge in [-0.3, -0.25) is 4.98 Å². The minimum Gasteiger partial charge on any atom is -0.380 e. The molecular weight excluding hydrogens is 448 g/mol. The highest BCUT2D eigenvalue weighted by atomic mass is 32.2. The number of alkyl halides is 3. The Kier molecular flexibility index (Phi) is 5.93. The number of aromatic amines is 1. The number of nitrogens with one attached hydrogen (secondary N) is 1. The molecule has 2 heterocycles. The summed E-state index contributed by atoms with van der Waals surface area (Å²) in [5, 5.41) is 11.6. The summed E-state index contributed by atoms with van der Waals surface area (Å²) in [6, 6.07) is 4.94. The van der Waals surface area contributed by atoms with Crippen LogP contribution in [0.4, 0.5) is 17.6 Å². The second-order valence-corrected chi connectivity index (χ2v) is 10.9. The summed E-state index contributed by atoms with van der Waals surface area (Å²) in [7, 11) is -4.22. The Morgan fingerprint density at radius 1 is 1.16 bits per heavy atom. The summed E-state index contributed by atoms with van der Waals surface area (Å²) in [6.45, 7) is 4.18. The summed E-state index contributed by atoms with van der Waals surface area (Å²) in [5.74, 6) is -0.782. The van der Waals surface area contributed by atoms with Crippen molar-refractivity contribution in [3.63, 3.8) is 0 Å². The predicted octanol–water partition coefficient (Wildman–Crippen LogP) is 4.50. The maximum atomic E-state index is 14.2. The van der Waals surface area contributed by atoms with Crippen molar-refractivity contribution in [2.24, 2.45) is 0 Å². The first kappa shape index (κ1) is 24.2. The Hall–Kier alpha value is -2.46. The van der Waals surface area contributed by atoms with Crippen LogP contribution in [-0.4, -0.2) is 41.5 Å². The van der Waals surface area contributed by atoms with Crippen LogP contribution >= 0.6 is 0 Å². The summed E-state index contributed by atoms with van der Waals surface area (Å²) in [4.78, 5) is 6.78. The molecule has 10 heteroatoms. The molecule has 0 radical (unpaired) electrons. The van der Waals surface area contributed by atoms with Gasteiger partial charge in [0.05, 0.1) is 16.5 Å². The Bertz CT molecular complexity index is 1270. The Morgan fingerprint density at radius 3 is 2.38 bits per heavy atom. The van der Waals surface area contributed by atoms with E-state index in [1.54, 1.807) is 13.0 Å². The Balaban J connectivity index is 2.17. The first-order valence-corrected chi connectivity index (χ1v) is 11.6. The van der Waals surface area contributed by atoms with Crippen molar-refractivity contribution in [3.05, 3.63) is 64.9 Å². The predicted molar refractivity (Wildman–Crippen MR) is 113 cm³/mol. The van der Waals surface area contributed by atoms with E-state index in [0.717, 1.165) is 25.3 Å². The second-order valence-electron chi connectivity index (χ2n) is 8.49. The van der Waals surface area contributed by atoms with Gasteiger partial charge in [0.15, 0.2) is 15.4 Å². The molecule has 0 fully saturated rings. The third kappa shape index (κ3) is 4.13. The van der Waals surface area contributed by atoms with E-state index in [9.17, 15) is 31.1 Å². The molecule has 0 bridgehead atoms. The van der Waals surface area contributed by atoms with E-state index in [0.29, 0.717) is 22.0 Å². The molecule has 0 saturated heterocycles. The number of aryl methyl sites for hydroxylation is 2. The van der Waals surface area contributed by atoms with E-state index in [-0.39, 0.29) is 11.3 Å². The topological polar surface area (TPSA) is 83.0 Å². The fourth-order valence-electron chi connectivity index (χ4n) is 4.12. The summed E-state index contributed by atoms with van der Waals surface area (Å²) < 4.78 is 80.0. The maximum absolute atomic E-state index is 14.2. The largest absolute Gasteiger partial charge is 0.417 e. The molecule has 0 aliphatic rings. The van der Waals surface area contributed by atoms with Gasteiger partial charge in [0.1, 0.15) is 5.82 Å². The molecule has 1 aromatic carbocycles. The van der Waals surface area contributed by atoms with Crippen LogP contribution in [-0.2, 0) is 21.0 Å². The highest BCUT2D eigenvalue weighted by molar-refractivity contribution is 7.91. The molecule has 2 aromatic heterocycles. The molecule has 2 atom stereocenters.